The van der Waals surface area contributed by atoms with Crippen molar-refractivity contribution in [3.63, 3.8) is 0 Å². The first-order chi connectivity index (χ1) is 9.41. The molecule has 0 aromatic heterocycles. The summed E-state index contributed by atoms with van der Waals surface area (Å²) in [6, 6.07) is 6.00. The van der Waals surface area contributed by atoms with Crippen LogP contribution in [-0.2, 0) is 6.54 Å². The van der Waals surface area contributed by atoms with Crippen LogP contribution in [0.3, 0.4) is 0 Å². The van der Waals surface area contributed by atoms with Crippen molar-refractivity contribution < 1.29 is 9.84 Å². The zero-order chi connectivity index (χ0) is 15.2. The summed E-state index contributed by atoms with van der Waals surface area (Å²) in [7, 11) is 0. The van der Waals surface area contributed by atoms with Gasteiger partial charge in [0.05, 0.1) is 5.60 Å². The summed E-state index contributed by atoms with van der Waals surface area (Å²) in [6.07, 6.45) is 1.34. The highest BCUT2D eigenvalue weighted by molar-refractivity contribution is 6.31. The minimum Gasteiger partial charge on any atom is -0.490 e. The van der Waals surface area contributed by atoms with E-state index in [-0.39, 0.29) is 6.61 Å². The Hall–Kier alpha value is -0.770. The first-order valence-corrected chi connectivity index (χ1v) is 7.65. The molecule has 0 aliphatic carbocycles. The number of hydrogen-bond donors (Lipinski definition) is 2. The zero-order valence-electron chi connectivity index (χ0n) is 12.9. The van der Waals surface area contributed by atoms with E-state index in [1.54, 1.807) is 0 Å². The second-order valence-electron chi connectivity index (χ2n) is 5.47. The van der Waals surface area contributed by atoms with Crippen molar-refractivity contribution in [3.05, 3.63) is 28.8 Å². The van der Waals surface area contributed by atoms with Gasteiger partial charge in [0.1, 0.15) is 12.4 Å². The Morgan fingerprint density at radius 2 is 1.95 bits per heavy atom. The fraction of sp³-hybridized carbons (Fsp3) is 0.625. The molecule has 0 aliphatic rings. The summed E-state index contributed by atoms with van der Waals surface area (Å²) in [4.78, 5) is 0. The van der Waals surface area contributed by atoms with Gasteiger partial charge in [-0.3, -0.25) is 0 Å². The van der Waals surface area contributed by atoms with Crippen molar-refractivity contribution >= 4 is 11.6 Å². The number of halogens is 1. The first-order valence-electron chi connectivity index (χ1n) is 7.27. The van der Waals surface area contributed by atoms with Crippen molar-refractivity contribution in [2.45, 2.75) is 58.7 Å². The number of rotatable bonds is 8. The molecule has 4 heteroatoms. The largest absolute Gasteiger partial charge is 0.490 e. The summed E-state index contributed by atoms with van der Waals surface area (Å²) >= 11 is 6.25. The predicted octanol–water partition coefficient (Wildman–Crippen LogP) is 3.77. The molecular formula is C16H26ClNO2. The van der Waals surface area contributed by atoms with E-state index < -0.39 is 5.60 Å². The smallest absolute Gasteiger partial charge is 0.125 e. The Morgan fingerprint density at radius 1 is 1.30 bits per heavy atom. The molecule has 20 heavy (non-hydrogen) atoms. The highest BCUT2D eigenvalue weighted by Crippen LogP contribution is 2.28. The SMILES string of the molecule is CCC(O)(CC)COc1cccc(Cl)c1CNC(C)C. The van der Waals surface area contributed by atoms with Gasteiger partial charge in [-0.05, 0) is 25.0 Å². The molecule has 0 saturated heterocycles. The molecule has 0 atom stereocenters. The van der Waals surface area contributed by atoms with Crippen molar-refractivity contribution in [1.29, 1.82) is 0 Å². The molecule has 3 nitrogen and oxygen atoms in total. The molecule has 0 radical (unpaired) electrons. The van der Waals surface area contributed by atoms with Crippen LogP contribution >= 0.6 is 11.6 Å². The molecule has 0 aliphatic heterocycles. The third-order valence-electron chi connectivity index (χ3n) is 3.58. The molecule has 0 amide bonds. The quantitative estimate of drug-likeness (QED) is 0.768. The molecule has 1 rings (SSSR count). The van der Waals surface area contributed by atoms with Crippen LogP contribution in [0, 0.1) is 0 Å². The van der Waals surface area contributed by atoms with Crippen LogP contribution in [0.1, 0.15) is 46.1 Å². The zero-order valence-corrected chi connectivity index (χ0v) is 13.6. The van der Waals surface area contributed by atoms with E-state index in [2.05, 4.69) is 19.2 Å². The lowest BCUT2D eigenvalue weighted by Crippen LogP contribution is -2.34. The Bertz CT molecular complexity index is 417. The molecule has 1 aromatic carbocycles. The van der Waals surface area contributed by atoms with Gasteiger partial charge >= 0.3 is 0 Å². The highest BCUT2D eigenvalue weighted by Gasteiger charge is 2.23. The summed E-state index contributed by atoms with van der Waals surface area (Å²) in [6.45, 7) is 9.05. The lowest BCUT2D eigenvalue weighted by atomic mass is 9.99. The van der Waals surface area contributed by atoms with Crippen LogP contribution in [0.2, 0.25) is 5.02 Å². The Kier molecular flexibility index (Phi) is 6.80. The van der Waals surface area contributed by atoms with Crippen LogP contribution in [0.5, 0.6) is 5.75 Å². The van der Waals surface area contributed by atoms with Crippen LogP contribution in [0.15, 0.2) is 18.2 Å². The fourth-order valence-corrected chi connectivity index (χ4v) is 2.05. The van der Waals surface area contributed by atoms with Gasteiger partial charge in [-0.1, -0.05) is 45.4 Å². The monoisotopic (exact) mass is 299 g/mol. The standard InChI is InChI=1S/C16H26ClNO2/c1-5-16(19,6-2)11-20-15-9-7-8-14(17)13(15)10-18-12(3)4/h7-9,12,18-19H,5-6,10-11H2,1-4H3. The molecule has 0 spiro atoms. The molecule has 2 N–H and O–H groups in total. The van der Waals surface area contributed by atoms with Gasteiger partial charge in [0.2, 0.25) is 0 Å². The van der Waals surface area contributed by atoms with Crippen molar-refractivity contribution in [2.24, 2.45) is 0 Å². The van der Waals surface area contributed by atoms with E-state index in [0.717, 1.165) is 11.3 Å². The average molecular weight is 300 g/mol. The fourth-order valence-electron chi connectivity index (χ4n) is 1.82. The number of ether oxygens (including phenoxy) is 1. The third kappa shape index (κ3) is 4.97. The van der Waals surface area contributed by atoms with Gasteiger partial charge in [-0.15, -0.1) is 0 Å². The summed E-state index contributed by atoms with van der Waals surface area (Å²) in [5.74, 6) is 0.742. The summed E-state index contributed by atoms with van der Waals surface area (Å²) in [5, 5.41) is 14.3. The summed E-state index contributed by atoms with van der Waals surface area (Å²) in [5.41, 5.74) is 0.169. The Labute approximate surface area is 127 Å². The van der Waals surface area contributed by atoms with Crippen molar-refractivity contribution in [2.75, 3.05) is 6.61 Å². The second-order valence-corrected chi connectivity index (χ2v) is 5.88. The predicted molar refractivity (Wildman–Crippen MR) is 84.5 cm³/mol. The normalized spacial score (nSPS) is 11.9. The van der Waals surface area contributed by atoms with Gasteiger partial charge in [-0.25, -0.2) is 0 Å². The molecule has 0 saturated carbocycles. The van der Waals surface area contributed by atoms with E-state index in [0.29, 0.717) is 30.5 Å². The Morgan fingerprint density at radius 3 is 2.50 bits per heavy atom. The molecule has 114 valence electrons. The van der Waals surface area contributed by atoms with Gasteiger partial charge in [0, 0.05) is 23.2 Å². The number of nitrogens with one attached hydrogen (secondary N) is 1. The minimum absolute atomic E-state index is 0.287. The third-order valence-corrected chi connectivity index (χ3v) is 3.93. The van der Waals surface area contributed by atoms with Gasteiger partial charge in [0.15, 0.2) is 0 Å². The lowest BCUT2D eigenvalue weighted by molar-refractivity contribution is -0.0116. The first kappa shape index (κ1) is 17.3. The van der Waals surface area contributed by atoms with Gasteiger partial charge in [-0.2, -0.15) is 0 Å². The van der Waals surface area contributed by atoms with Crippen LogP contribution in [-0.4, -0.2) is 23.4 Å². The molecule has 1 aromatic rings. The molecule has 0 unspecified atom stereocenters. The van der Waals surface area contributed by atoms with Gasteiger partial charge in [0.25, 0.3) is 0 Å². The Balaban J connectivity index is 2.81. The van der Waals surface area contributed by atoms with E-state index in [9.17, 15) is 5.11 Å². The topological polar surface area (TPSA) is 41.5 Å². The number of benzene rings is 1. The van der Waals surface area contributed by atoms with Crippen LogP contribution in [0.4, 0.5) is 0 Å². The molecule has 0 fully saturated rings. The number of aliphatic hydroxyl groups is 1. The maximum atomic E-state index is 10.3. The van der Waals surface area contributed by atoms with Crippen LogP contribution < -0.4 is 10.1 Å². The maximum Gasteiger partial charge on any atom is 0.125 e. The second kappa shape index (κ2) is 7.87. The van der Waals surface area contributed by atoms with Crippen molar-refractivity contribution in [1.82, 2.24) is 5.32 Å². The molecule has 0 heterocycles. The minimum atomic E-state index is -0.773. The summed E-state index contributed by atoms with van der Waals surface area (Å²) < 4.78 is 5.82. The number of hydrogen-bond acceptors (Lipinski definition) is 3. The molecule has 0 bridgehead atoms. The van der Waals surface area contributed by atoms with Crippen molar-refractivity contribution in [3.8, 4) is 5.75 Å². The highest BCUT2D eigenvalue weighted by atomic mass is 35.5. The molecular weight excluding hydrogens is 274 g/mol. The average Bonchev–Trinajstić information content (AvgIpc) is 2.43. The van der Waals surface area contributed by atoms with E-state index in [4.69, 9.17) is 16.3 Å². The van der Waals surface area contributed by atoms with Crippen LogP contribution in [0.25, 0.3) is 0 Å². The van der Waals surface area contributed by atoms with E-state index in [1.807, 2.05) is 32.0 Å². The maximum absolute atomic E-state index is 10.3. The van der Waals surface area contributed by atoms with Gasteiger partial charge < -0.3 is 15.2 Å². The van der Waals surface area contributed by atoms with E-state index in [1.165, 1.54) is 0 Å². The van der Waals surface area contributed by atoms with E-state index >= 15 is 0 Å². The lowest BCUT2D eigenvalue weighted by Gasteiger charge is -2.26.